The molecule has 0 spiro atoms. The van der Waals surface area contributed by atoms with E-state index in [1.54, 1.807) is 44.5 Å². The molecule has 6 nitrogen and oxygen atoms in total. The fourth-order valence-corrected chi connectivity index (χ4v) is 2.18. The monoisotopic (exact) mass is 353 g/mol. The Hall–Kier alpha value is -2.77. The Morgan fingerprint density at radius 1 is 1.20 bits per heavy atom. The highest BCUT2D eigenvalue weighted by Gasteiger charge is 2.16. The summed E-state index contributed by atoms with van der Waals surface area (Å²) in [5, 5.41) is 6.11. The predicted octanol–water partition coefficient (Wildman–Crippen LogP) is 3.14. The number of benzene rings is 1. The van der Waals surface area contributed by atoms with Gasteiger partial charge >= 0.3 is 6.61 Å². The third kappa shape index (κ3) is 5.66. The second kappa shape index (κ2) is 9.51. The first-order valence-corrected chi connectivity index (χ1v) is 7.80. The maximum absolute atomic E-state index is 12.7. The maximum atomic E-state index is 12.7. The molecule has 25 heavy (non-hydrogen) atoms. The van der Waals surface area contributed by atoms with Crippen molar-refractivity contribution in [3.05, 3.63) is 47.9 Å². The van der Waals surface area contributed by atoms with E-state index in [2.05, 4.69) is 20.4 Å². The van der Waals surface area contributed by atoms with Crippen molar-refractivity contribution in [2.45, 2.75) is 26.6 Å². The molecule has 0 aliphatic rings. The van der Waals surface area contributed by atoms with Gasteiger partial charge in [0.15, 0.2) is 17.5 Å². The molecule has 2 N–H and O–H groups in total. The second-order valence-electron chi connectivity index (χ2n) is 4.91. The van der Waals surface area contributed by atoms with Gasteiger partial charge in [0.1, 0.15) is 5.76 Å². The van der Waals surface area contributed by atoms with Crippen molar-refractivity contribution < 1.29 is 22.7 Å². The van der Waals surface area contributed by atoms with Gasteiger partial charge in [-0.05, 0) is 25.1 Å². The number of hydrogen-bond donors (Lipinski definition) is 2. The van der Waals surface area contributed by atoms with E-state index in [-0.39, 0.29) is 18.0 Å². The first kappa shape index (κ1) is 18.6. The molecule has 0 radical (unpaired) electrons. The van der Waals surface area contributed by atoms with Gasteiger partial charge in [-0.2, -0.15) is 8.78 Å². The number of guanidine groups is 1. The van der Waals surface area contributed by atoms with Crippen LogP contribution >= 0.6 is 0 Å². The molecule has 0 unspecified atom stereocenters. The molecule has 2 rings (SSSR count). The summed E-state index contributed by atoms with van der Waals surface area (Å²) in [6, 6.07) is 8.63. The number of rotatable bonds is 8. The summed E-state index contributed by atoms with van der Waals surface area (Å²) >= 11 is 0. The smallest absolute Gasteiger partial charge is 0.387 e. The molecular weight excluding hydrogens is 332 g/mol. The van der Waals surface area contributed by atoms with Crippen molar-refractivity contribution in [3.8, 4) is 11.5 Å². The van der Waals surface area contributed by atoms with Crippen molar-refractivity contribution >= 4 is 5.96 Å². The summed E-state index contributed by atoms with van der Waals surface area (Å²) < 4.78 is 40.7. The zero-order valence-electron chi connectivity index (χ0n) is 14.1. The van der Waals surface area contributed by atoms with Crippen LogP contribution in [0.1, 0.15) is 18.2 Å². The van der Waals surface area contributed by atoms with Gasteiger partial charge < -0.3 is 24.5 Å². The van der Waals surface area contributed by atoms with Gasteiger partial charge in [-0.3, -0.25) is 4.99 Å². The van der Waals surface area contributed by atoms with E-state index in [4.69, 9.17) is 9.15 Å². The molecule has 0 fully saturated rings. The minimum absolute atomic E-state index is 0.0216. The second-order valence-corrected chi connectivity index (χ2v) is 4.91. The lowest BCUT2D eigenvalue weighted by Gasteiger charge is -2.17. The molecule has 2 aromatic rings. The molecule has 0 aliphatic carbocycles. The third-order valence-electron chi connectivity index (χ3n) is 3.25. The standard InChI is InChI=1S/C17H21F2N3O3/c1-3-23-14-8-4-6-12(15(14)25-16(18)19)10-21-17(20-2)22-11-13-7-5-9-24-13/h4-9,16H,3,10-11H2,1-2H3,(H2,20,21,22). The van der Waals surface area contributed by atoms with Gasteiger partial charge in [0.05, 0.1) is 19.4 Å². The number of nitrogens with zero attached hydrogens (tertiary/aromatic N) is 1. The Kier molecular flexibility index (Phi) is 7.06. The molecule has 8 heteroatoms. The summed E-state index contributed by atoms with van der Waals surface area (Å²) in [7, 11) is 1.62. The zero-order valence-corrected chi connectivity index (χ0v) is 14.1. The molecular formula is C17H21F2N3O3. The Morgan fingerprint density at radius 3 is 2.64 bits per heavy atom. The Bertz CT molecular complexity index is 676. The van der Waals surface area contributed by atoms with Gasteiger partial charge in [-0.25, -0.2) is 0 Å². The van der Waals surface area contributed by atoms with Gasteiger partial charge in [0, 0.05) is 19.2 Å². The fraction of sp³-hybridized carbons (Fsp3) is 0.353. The van der Waals surface area contributed by atoms with Gasteiger partial charge in [-0.1, -0.05) is 12.1 Å². The number of furan rings is 1. The number of nitrogens with one attached hydrogen (secondary N) is 2. The Morgan fingerprint density at radius 2 is 2.00 bits per heavy atom. The van der Waals surface area contributed by atoms with Gasteiger partial charge in [0.2, 0.25) is 0 Å². The first-order valence-electron chi connectivity index (χ1n) is 7.80. The highest BCUT2D eigenvalue weighted by Crippen LogP contribution is 2.32. The highest BCUT2D eigenvalue weighted by atomic mass is 19.3. The fourth-order valence-electron chi connectivity index (χ4n) is 2.18. The van der Waals surface area contributed by atoms with E-state index in [0.717, 1.165) is 5.76 Å². The maximum Gasteiger partial charge on any atom is 0.387 e. The van der Waals surface area contributed by atoms with Crippen LogP contribution in [-0.2, 0) is 13.1 Å². The van der Waals surface area contributed by atoms with E-state index >= 15 is 0 Å². The van der Waals surface area contributed by atoms with Crippen molar-refractivity contribution in [3.63, 3.8) is 0 Å². The molecule has 0 amide bonds. The zero-order chi connectivity index (χ0) is 18.1. The largest absolute Gasteiger partial charge is 0.490 e. The normalized spacial score (nSPS) is 11.5. The third-order valence-corrected chi connectivity index (χ3v) is 3.25. The van der Waals surface area contributed by atoms with E-state index in [0.29, 0.717) is 24.7 Å². The molecule has 0 saturated carbocycles. The quantitative estimate of drug-likeness (QED) is 0.564. The predicted molar refractivity (Wildman–Crippen MR) is 90.0 cm³/mol. The molecule has 0 saturated heterocycles. The number of ether oxygens (including phenoxy) is 2. The van der Waals surface area contributed by atoms with Crippen LogP contribution in [-0.4, -0.2) is 26.2 Å². The number of hydrogen-bond acceptors (Lipinski definition) is 4. The molecule has 1 aromatic heterocycles. The SMILES string of the molecule is CCOc1cccc(CNC(=NC)NCc2ccco2)c1OC(F)F. The summed E-state index contributed by atoms with van der Waals surface area (Å²) in [5.74, 6) is 1.55. The van der Waals surface area contributed by atoms with Crippen LogP contribution in [0.15, 0.2) is 46.0 Å². The summed E-state index contributed by atoms with van der Waals surface area (Å²) in [4.78, 5) is 4.08. The van der Waals surface area contributed by atoms with Gasteiger partial charge in [-0.15, -0.1) is 0 Å². The van der Waals surface area contributed by atoms with Crippen LogP contribution < -0.4 is 20.1 Å². The topological polar surface area (TPSA) is 68.0 Å². The minimum atomic E-state index is -2.93. The first-order chi connectivity index (χ1) is 12.1. The van der Waals surface area contributed by atoms with Crippen LogP contribution in [0.5, 0.6) is 11.5 Å². The average molecular weight is 353 g/mol. The molecule has 0 bridgehead atoms. The summed E-state index contributed by atoms with van der Waals surface area (Å²) in [6.45, 7) is -0.121. The summed E-state index contributed by atoms with van der Waals surface area (Å²) in [6.07, 6.45) is 1.58. The lowest BCUT2D eigenvalue weighted by Crippen LogP contribution is -2.36. The van der Waals surface area contributed by atoms with Crippen LogP contribution in [0.25, 0.3) is 0 Å². The van der Waals surface area contributed by atoms with Crippen molar-refractivity contribution in [1.29, 1.82) is 0 Å². The molecule has 0 atom stereocenters. The molecule has 1 heterocycles. The van der Waals surface area contributed by atoms with E-state index in [1.807, 2.05) is 6.07 Å². The molecule has 136 valence electrons. The van der Waals surface area contributed by atoms with Crippen LogP contribution in [0.4, 0.5) is 8.78 Å². The number of halogens is 2. The van der Waals surface area contributed by atoms with E-state index in [9.17, 15) is 8.78 Å². The lowest BCUT2D eigenvalue weighted by molar-refractivity contribution is -0.0520. The molecule has 1 aromatic carbocycles. The van der Waals surface area contributed by atoms with Crippen molar-refractivity contribution in [2.24, 2.45) is 4.99 Å². The number of aliphatic imine (C=N–C) groups is 1. The highest BCUT2D eigenvalue weighted by molar-refractivity contribution is 5.79. The van der Waals surface area contributed by atoms with Crippen LogP contribution in [0.3, 0.4) is 0 Å². The molecule has 0 aliphatic heterocycles. The van der Waals surface area contributed by atoms with Crippen molar-refractivity contribution in [2.75, 3.05) is 13.7 Å². The number of alkyl halides is 2. The Labute approximate surface area is 144 Å². The minimum Gasteiger partial charge on any atom is -0.490 e. The van der Waals surface area contributed by atoms with Crippen molar-refractivity contribution in [1.82, 2.24) is 10.6 Å². The Balaban J connectivity index is 2.03. The average Bonchev–Trinajstić information content (AvgIpc) is 3.10. The van der Waals surface area contributed by atoms with Gasteiger partial charge in [0.25, 0.3) is 0 Å². The van der Waals surface area contributed by atoms with E-state index in [1.165, 1.54) is 0 Å². The summed E-state index contributed by atoms with van der Waals surface area (Å²) in [5.41, 5.74) is 0.534. The van der Waals surface area contributed by atoms with Crippen LogP contribution in [0.2, 0.25) is 0 Å². The number of para-hydroxylation sites is 1. The van der Waals surface area contributed by atoms with E-state index < -0.39 is 6.61 Å². The lowest BCUT2D eigenvalue weighted by atomic mass is 10.2. The van der Waals surface area contributed by atoms with Crippen LogP contribution in [0, 0.1) is 0 Å².